The molecule has 2 heterocycles. The second-order valence-corrected chi connectivity index (χ2v) is 6.14. The molecule has 112 valence electrons. The van der Waals surface area contributed by atoms with Gasteiger partial charge >= 0.3 is 0 Å². The minimum absolute atomic E-state index is 0.0618. The third kappa shape index (κ3) is 3.89. The molecule has 5 heteroatoms. The molecule has 3 rings (SSSR count). The lowest BCUT2D eigenvalue weighted by Gasteiger charge is -2.03. The van der Waals surface area contributed by atoms with Crippen molar-refractivity contribution in [3.63, 3.8) is 0 Å². The monoisotopic (exact) mass is 311 g/mol. The standard InChI is InChI=1S/C17H17N3OS/c21-16(19-12-13-6-3-4-11-18-13)9-5-10-17-20-14-7-1-2-8-15(14)22-17/h1-4,6-8,11H,5,9-10,12H2,(H,19,21). The van der Waals surface area contributed by atoms with E-state index in [4.69, 9.17) is 0 Å². The van der Waals surface area contributed by atoms with Crippen molar-refractivity contribution in [2.45, 2.75) is 25.8 Å². The summed E-state index contributed by atoms with van der Waals surface area (Å²) < 4.78 is 1.21. The molecule has 4 nitrogen and oxygen atoms in total. The zero-order valence-electron chi connectivity index (χ0n) is 12.2. The van der Waals surface area contributed by atoms with Gasteiger partial charge in [-0.2, -0.15) is 0 Å². The van der Waals surface area contributed by atoms with Gasteiger partial charge in [0, 0.05) is 12.6 Å². The fourth-order valence-corrected chi connectivity index (χ4v) is 3.22. The van der Waals surface area contributed by atoms with Crippen LogP contribution in [0.5, 0.6) is 0 Å². The molecule has 0 spiro atoms. The lowest BCUT2D eigenvalue weighted by atomic mass is 10.2. The lowest BCUT2D eigenvalue weighted by Crippen LogP contribution is -2.22. The van der Waals surface area contributed by atoms with Crippen molar-refractivity contribution in [2.24, 2.45) is 0 Å². The molecule has 2 aromatic heterocycles. The third-order valence-corrected chi connectivity index (χ3v) is 4.42. The van der Waals surface area contributed by atoms with Crippen molar-refractivity contribution in [2.75, 3.05) is 0 Å². The predicted molar refractivity (Wildman–Crippen MR) is 88.6 cm³/mol. The Morgan fingerprint density at radius 2 is 2.00 bits per heavy atom. The number of amides is 1. The first-order valence-electron chi connectivity index (χ1n) is 7.32. The highest BCUT2D eigenvalue weighted by Crippen LogP contribution is 2.22. The van der Waals surface area contributed by atoms with Gasteiger partial charge in [-0.15, -0.1) is 11.3 Å². The number of pyridine rings is 1. The number of fused-ring (bicyclic) bond motifs is 1. The Labute approximate surface area is 133 Å². The van der Waals surface area contributed by atoms with Gasteiger partial charge in [0.15, 0.2) is 0 Å². The number of carbonyl (C=O) groups is 1. The SMILES string of the molecule is O=C(CCCc1nc2ccccc2s1)NCc1ccccn1. The Morgan fingerprint density at radius 1 is 1.14 bits per heavy atom. The quantitative estimate of drug-likeness (QED) is 0.759. The van der Waals surface area contributed by atoms with E-state index >= 15 is 0 Å². The fraction of sp³-hybridized carbons (Fsp3) is 0.235. The van der Waals surface area contributed by atoms with Crippen molar-refractivity contribution < 1.29 is 4.79 Å². The highest BCUT2D eigenvalue weighted by Gasteiger charge is 2.05. The second-order valence-electron chi connectivity index (χ2n) is 5.03. The number of nitrogens with zero attached hydrogens (tertiary/aromatic N) is 2. The Balaban J connectivity index is 1.43. The minimum atomic E-state index is 0.0618. The summed E-state index contributed by atoms with van der Waals surface area (Å²) >= 11 is 1.71. The smallest absolute Gasteiger partial charge is 0.220 e. The van der Waals surface area contributed by atoms with Crippen molar-refractivity contribution in [1.29, 1.82) is 0 Å². The molecule has 0 unspecified atom stereocenters. The van der Waals surface area contributed by atoms with Gasteiger partial charge in [0.2, 0.25) is 5.91 Å². The van der Waals surface area contributed by atoms with Gasteiger partial charge in [-0.1, -0.05) is 18.2 Å². The molecule has 1 N–H and O–H groups in total. The van der Waals surface area contributed by atoms with Crippen LogP contribution in [-0.4, -0.2) is 15.9 Å². The van der Waals surface area contributed by atoms with Crippen LogP contribution in [0.2, 0.25) is 0 Å². The largest absolute Gasteiger partial charge is 0.350 e. The number of aromatic nitrogens is 2. The van der Waals surface area contributed by atoms with Crippen molar-refractivity contribution in [3.05, 3.63) is 59.4 Å². The Morgan fingerprint density at radius 3 is 2.82 bits per heavy atom. The average molecular weight is 311 g/mol. The van der Waals surface area contributed by atoms with Crippen molar-refractivity contribution >= 4 is 27.5 Å². The van der Waals surface area contributed by atoms with Crippen LogP contribution in [0.1, 0.15) is 23.5 Å². The van der Waals surface area contributed by atoms with E-state index in [2.05, 4.69) is 21.4 Å². The molecular formula is C17H17N3OS. The van der Waals surface area contributed by atoms with E-state index in [0.29, 0.717) is 13.0 Å². The Hall–Kier alpha value is -2.27. The second kappa shape index (κ2) is 7.13. The van der Waals surface area contributed by atoms with E-state index in [-0.39, 0.29) is 5.91 Å². The Kier molecular flexibility index (Phi) is 4.75. The zero-order valence-corrected chi connectivity index (χ0v) is 13.0. The summed E-state index contributed by atoms with van der Waals surface area (Å²) in [6.45, 7) is 0.487. The van der Waals surface area contributed by atoms with Gasteiger partial charge in [0.25, 0.3) is 0 Å². The molecule has 0 atom stereocenters. The topological polar surface area (TPSA) is 54.9 Å². The number of hydrogen-bond donors (Lipinski definition) is 1. The number of benzene rings is 1. The van der Waals surface area contributed by atoms with Gasteiger partial charge in [-0.25, -0.2) is 4.98 Å². The van der Waals surface area contributed by atoms with Gasteiger partial charge in [0.05, 0.1) is 27.5 Å². The number of rotatable bonds is 6. The van der Waals surface area contributed by atoms with Crippen molar-refractivity contribution in [3.8, 4) is 0 Å². The maximum atomic E-state index is 11.8. The van der Waals surface area contributed by atoms with E-state index < -0.39 is 0 Å². The molecule has 1 aromatic carbocycles. The summed E-state index contributed by atoms with van der Waals surface area (Å²) in [7, 11) is 0. The van der Waals surface area contributed by atoms with E-state index in [0.717, 1.165) is 29.1 Å². The molecule has 0 fully saturated rings. The molecule has 22 heavy (non-hydrogen) atoms. The summed E-state index contributed by atoms with van der Waals surface area (Å²) in [6, 6.07) is 13.8. The summed E-state index contributed by atoms with van der Waals surface area (Å²) in [5.74, 6) is 0.0618. The van der Waals surface area contributed by atoms with Gasteiger partial charge in [0.1, 0.15) is 0 Å². The first kappa shape index (κ1) is 14.7. The van der Waals surface area contributed by atoms with Gasteiger partial charge in [-0.3, -0.25) is 9.78 Å². The Bertz CT molecular complexity index is 722. The van der Waals surface area contributed by atoms with E-state index in [1.54, 1.807) is 17.5 Å². The summed E-state index contributed by atoms with van der Waals surface area (Å²) in [4.78, 5) is 20.6. The summed E-state index contributed by atoms with van der Waals surface area (Å²) in [6.07, 6.45) is 3.90. The molecule has 0 bridgehead atoms. The average Bonchev–Trinajstić information content (AvgIpc) is 2.96. The van der Waals surface area contributed by atoms with Crippen LogP contribution in [0, 0.1) is 0 Å². The van der Waals surface area contributed by atoms with Crippen LogP contribution in [0.15, 0.2) is 48.7 Å². The summed E-state index contributed by atoms with van der Waals surface area (Å²) in [5.41, 5.74) is 1.92. The van der Waals surface area contributed by atoms with Crippen LogP contribution in [-0.2, 0) is 17.8 Å². The van der Waals surface area contributed by atoms with Crippen LogP contribution in [0.25, 0.3) is 10.2 Å². The molecule has 1 amide bonds. The maximum absolute atomic E-state index is 11.8. The van der Waals surface area contributed by atoms with E-state index in [1.165, 1.54) is 4.70 Å². The lowest BCUT2D eigenvalue weighted by molar-refractivity contribution is -0.121. The fourth-order valence-electron chi connectivity index (χ4n) is 2.21. The first-order valence-corrected chi connectivity index (χ1v) is 8.14. The minimum Gasteiger partial charge on any atom is -0.350 e. The zero-order chi connectivity index (χ0) is 15.2. The predicted octanol–water partition coefficient (Wildman–Crippen LogP) is 3.33. The molecule has 0 saturated carbocycles. The molecule has 3 aromatic rings. The normalized spacial score (nSPS) is 10.7. The van der Waals surface area contributed by atoms with Crippen LogP contribution >= 0.6 is 11.3 Å². The number of aryl methyl sites for hydroxylation is 1. The molecule has 0 radical (unpaired) electrons. The van der Waals surface area contributed by atoms with Crippen LogP contribution in [0.3, 0.4) is 0 Å². The highest BCUT2D eigenvalue weighted by atomic mass is 32.1. The highest BCUT2D eigenvalue weighted by molar-refractivity contribution is 7.18. The van der Waals surface area contributed by atoms with Crippen molar-refractivity contribution in [1.82, 2.24) is 15.3 Å². The molecule has 0 aliphatic carbocycles. The number of hydrogen-bond acceptors (Lipinski definition) is 4. The number of nitrogens with one attached hydrogen (secondary N) is 1. The molecule has 0 aliphatic heterocycles. The number of thiazole rings is 1. The third-order valence-electron chi connectivity index (χ3n) is 3.33. The summed E-state index contributed by atoms with van der Waals surface area (Å²) in [5, 5.41) is 3.99. The first-order chi connectivity index (χ1) is 10.8. The number of para-hydroxylation sites is 1. The van der Waals surface area contributed by atoms with Gasteiger partial charge < -0.3 is 5.32 Å². The van der Waals surface area contributed by atoms with Crippen LogP contribution in [0.4, 0.5) is 0 Å². The van der Waals surface area contributed by atoms with Gasteiger partial charge in [-0.05, 0) is 37.1 Å². The molecule has 0 saturated heterocycles. The number of carbonyl (C=O) groups excluding carboxylic acids is 1. The van der Waals surface area contributed by atoms with Crippen LogP contribution < -0.4 is 5.32 Å². The van der Waals surface area contributed by atoms with E-state index in [9.17, 15) is 4.79 Å². The maximum Gasteiger partial charge on any atom is 0.220 e. The van der Waals surface area contributed by atoms with E-state index in [1.807, 2.05) is 36.4 Å². The molecular weight excluding hydrogens is 294 g/mol. The molecule has 0 aliphatic rings.